The van der Waals surface area contributed by atoms with Crippen LogP contribution in [0.15, 0.2) is 30.3 Å². The lowest BCUT2D eigenvalue weighted by Crippen LogP contribution is -2.44. The average Bonchev–Trinajstić information content (AvgIpc) is 3.30. The zero-order chi connectivity index (χ0) is 18.9. The Bertz CT molecular complexity index is 851. The smallest absolute Gasteiger partial charge is 0.311 e. The Morgan fingerprint density at radius 1 is 1.07 bits per heavy atom. The number of carboxylic acids is 1. The second kappa shape index (κ2) is 7.18. The van der Waals surface area contributed by atoms with E-state index in [1.54, 1.807) is 0 Å². The summed E-state index contributed by atoms with van der Waals surface area (Å²) in [5.74, 6) is -1.06. The number of nitrogens with zero attached hydrogens (tertiary/aromatic N) is 2. The molecule has 2 aromatic rings. The number of nitrogens with one attached hydrogen (secondary N) is 1. The van der Waals surface area contributed by atoms with Crippen molar-refractivity contribution in [1.29, 1.82) is 0 Å². The number of carbonyl (C=O) groups excluding carboxylic acids is 1. The van der Waals surface area contributed by atoms with Gasteiger partial charge in [0, 0.05) is 17.8 Å². The SMILES string of the molecule is O=C(NCC1(C(=O)O)CCCCC1)c1nn(-c2ccccc2)c2c1CCC2. The van der Waals surface area contributed by atoms with E-state index in [1.165, 1.54) is 0 Å². The van der Waals surface area contributed by atoms with Crippen molar-refractivity contribution in [1.82, 2.24) is 15.1 Å². The van der Waals surface area contributed by atoms with Crippen molar-refractivity contribution < 1.29 is 14.7 Å². The van der Waals surface area contributed by atoms with Crippen LogP contribution in [0.4, 0.5) is 0 Å². The Morgan fingerprint density at radius 3 is 2.52 bits per heavy atom. The van der Waals surface area contributed by atoms with Gasteiger partial charge in [-0.15, -0.1) is 0 Å². The monoisotopic (exact) mass is 367 g/mol. The number of aliphatic carboxylic acids is 1. The second-order valence-electron chi connectivity index (χ2n) is 7.70. The molecule has 2 N–H and O–H groups in total. The summed E-state index contributed by atoms with van der Waals surface area (Å²) in [6.45, 7) is 0.175. The van der Waals surface area contributed by atoms with Gasteiger partial charge in [0.05, 0.1) is 11.1 Å². The van der Waals surface area contributed by atoms with Gasteiger partial charge in [-0.25, -0.2) is 4.68 Å². The first-order chi connectivity index (χ1) is 13.1. The predicted octanol–water partition coefficient (Wildman–Crippen LogP) is 3.13. The number of benzene rings is 1. The molecule has 6 heteroatoms. The van der Waals surface area contributed by atoms with Gasteiger partial charge >= 0.3 is 5.97 Å². The molecule has 0 bridgehead atoms. The number of fused-ring (bicyclic) bond motifs is 1. The van der Waals surface area contributed by atoms with Crippen LogP contribution in [0.1, 0.15) is 60.3 Å². The van der Waals surface area contributed by atoms with E-state index < -0.39 is 11.4 Å². The summed E-state index contributed by atoms with van der Waals surface area (Å²) in [6, 6.07) is 9.83. The van der Waals surface area contributed by atoms with Crippen molar-refractivity contribution in [3.63, 3.8) is 0 Å². The number of aromatic nitrogens is 2. The number of rotatable bonds is 5. The molecule has 0 saturated heterocycles. The standard InChI is InChI=1S/C21H25N3O3/c25-19(22-14-21(20(26)27)12-5-2-6-13-21)18-16-10-7-11-17(16)24(23-18)15-8-3-1-4-9-15/h1,3-4,8-9H,2,5-7,10-14H2,(H,22,25)(H,26,27). The van der Waals surface area contributed by atoms with Crippen LogP contribution in [-0.2, 0) is 17.6 Å². The number of hydrogen-bond donors (Lipinski definition) is 2. The molecule has 1 aromatic carbocycles. The lowest BCUT2D eigenvalue weighted by atomic mass is 9.74. The van der Waals surface area contributed by atoms with Crippen LogP contribution in [0.3, 0.4) is 0 Å². The zero-order valence-corrected chi connectivity index (χ0v) is 15.4. The molecule has 0 radical (unpaired) electrons. The molecule has 0 spiro atoms. The zero-order valence-electron chi connectivity index (χ0n) is 15.4. The minimum absolute atomic E-state index is 0.175. The first-order valence-electron chi connectivity index (χ1n) is 9.78. The molecule has 1 aromatic heterocycles. The fraction of sp³-hybridized carbons (Fsp3) is 0.476. The normalized spacial score (nSPS) is 18.1. The summed E-state index contributed by atoms with van der Waals surface area (Å²) in [4.78, 5) is 24.7. The van der Waals surface area contributed by atoms with E-state index >= 15 is 0 Å². The highest BCUT2D eigenvalue weighted by atomic mass is 16.4. The Balaban J connectivity index is 1.57. The van der Waals surface area contributed by atoms with Gasteiger partial charge in [-0.2, -0.15) is 5.10 Å². The topological polar surface area (TPSA) is 84.2 Å². The molecule has 2 aliphatic carbocycles. The van der Waals surface area contributed by atoms with E-state index in [0.29, 0.717) is 18.5 Å². The molecule has 27 heavy (non-hydrogen) atoms. The van der Waals surface area contributed by atoms with Gasteiger partial charge in [0.1, 0.15) is 0 Å². The van der Waals surface area contributed by atoms with E-state index in [1.807, 2.05) is 35.0 Å². The fourth-order valence-electron chi connectivity index (χ4n) is 4.43. The number of carbonyl (C=O) groups is 2. The highest BCUT2D eigenvalue weighted by molar-refractivity contribution is 5.94. The highest BCUT2D eigenvalue weighted by Gasteiger charge is 2.40. The third-order valence-corrected chi connectivity index (χ3v) is 6.00. The van der Waals surface area contributed by atoms with Crippen molar-refractivity contribution in [2.24, 2.45) is 5.41 Å². The van der Waals surface area contributed by atoms with Gasteiger partial charge in [0.15, 0.2) is 5.69 Å². The quantitative estimate of drug-likeness (QED) is 0.850. The van der Waals surface area contributed by atoms with Crippen molar-refractivity contribution in [2.45, 2.75) is 51.4 Å². The maximum atomic E-state index is 12.9. The number of hydrogen-bond acceptors (Lipinski definition) is 3. The van der Waals surface area contributed by atoms with E-state index in [-0.39, 0.29) is 12.5 Å². The number of carboxylic acid groups (broad SMARTS) is 1. The van der Waals surface area contributed by atoms with Crippen LogP contribution < -0.4 is 5.32 Å². The summed E-state index contributed by atoms with van der Waals surface area (Å²) in [7, 11) is 0. The molecular weight excluding hydrogens is 342 g/mol. The lowest BCUT2D eigenvalue weighted by molar-refractivity contribution is -0.150. The minimum Gasteiger partial charge on any atom is -0.481 e. The third kappa shape index (κ3) is 3.24. The Labute approximate surface area is 158 Å². The maximum Gasteiger partial charge on any atom is 0.311 e. The Kier molecular flexibility index (Phi) is 4.72. The van der Waals surface area contributed by atoms with Crippen molar-refractivity contribution >= 4 is 11.9 Å². The van der Waals surface area contributed by atoms with E-state index in [9.17, 15) is 14.7 Å². The van der Waals surface area contributed by atoms with Crippen molar-refractivity contribution in [2.75, 3.05) is 6.54 Å². The average molecular weight is 367 g/mol. The molecule has 2 aliphatic rings. The molecule has 4 rings (SSSR count). The lowest BCUT2D eigenvalue weighted by Gasteiger charge is -2.33. The van der Waals surface area contributed by atoms with Crippen LogP contribution >= 0.6 is 0 Å². The summed E-state index contributed by atoms with van der Waals surface area (Å²) >= 11 is 0. The van der Waals surface area contributed by atoms with Crippen LogP contribution in [0.5, 0.6) is 0 Å². The summed E-state index contributed by atoms with van der Waals surface area (Å²) in [6.07, 6.45) is 6.88. The van der Waals surface area contributed by atoms with Gasteiger partial charge in [-0.05, 0) is 44.2 Å². The van der Waals surface area contributed by atoms with Gasteiger partial charge in [-0.1, -0.05) is 37.5 Å². The molecule has 0 aliphatic heterocycles. The van der Waals surface area contributed by atoms with E-state index in [0.717, 1.165) is 55.5 Å². The second-order valence-corrected chi connectivity index (χ2v) is 7.70. The van der Waals surface area contributed by atoms with Crippen molar-refractivity contribution in [3.05, 3.63) is 47.3 Å². The fourth-order valence-corrected chi connectivity index (χ4v) is 4.43. The van der Waals surface area contributed by atoms with Crippen LogP contribution in [0.25, 0.3) is 5.69 Å². The molecule has 1 amide bonds. The molecule has 6 nitrogen and oxygen atoms in total. The first kappa shape index (κ1) is 17.8. The minimum atomic E-state index is -0.834. The van der Waals surface area contributed by atoms with Crippen LogP contribution in [0.2, 0.25) is 0 Å². The molecule has 1 fully saturated rings. The Morgan fingerprint density at radius 2 is 1.81 bits per heavy atom. The molecule has 1 heterocycles. The van der Waals surface area contributed by atoms with E-state index in [2.05, 4.69) is 10.4 Å². The summed E-state index contributed by atoms with van der Waals surface area (Å²) < 4.78 is 1.87. The summed E-state index contributed by atoms with van der Waals surface area (Å²) in [5.41, 5.74) is 2.66. The first-order valence-corrected chi connectivity index (χ1v) is 9.78. The van der Waals surface area contributed by atoms with Gasteiger partial charge in [0.25, 0.3) is 5.91 Å². The third-order valence-electron chi connectivity index (χ3n) is 6.00. The maximum absolute atomic E-state index is 12.9. The number of para-hydroxylation sites is 1. The predicted molar refractivity (Wildman–Crippen MR) is 101 cm³/mol. The van der Waals surface area contributed by atoms with Crippen molar-refractivity contribution in [3.8, 4) is 5.69 Å². The van der Waals surface area contributed by atoms with E-state index in [4.69, 9.17) is 0 Å². The van der Waals surface area contributed by atoms with Crippen LogP contribution in [-0.4, -0.2) is 33.3 Å². The van der Waals surface area contributed by atoms with Gasteiger partial charge < -0.3 is 10.4 Å². The largest absolute Gasteiger partial charge is 0.481 e. The van der Waals surface area contributed by atoms with Gasteiger partial charge in [-0.3, -0.25) is 9.59 Å². The molecular formula is C21H25N3O3. The summed E-state index contributed by atoms with van der Waals surface area (Å²) in [5, 5.41) is 17.2. The molecule has 142 valence electrons. The Hall–Kier alpha value is -2.63. The van der Waals surface area contributed by atoms with Crippen LogP contribution in [0, 0.1) is 5.41 Å². The highest BCUT2D eigenvalue weighted by Crippen LogP contribution is 2.36. The molecule has 0 atom stereocenters. The molecule has 1 saturated carbocycles. The van der Waals surface area contributed by atoms with Gasteiger partial charge in [0.2, 0.25) is 0 Å². The number of amides is 1. The molecule has 0 unspecified atom stereocenters.